The van der Waals surface area contributed by atoms with Crippen LogP contribution in [0.3, 0.4) is 0 Å². The van der Waals surface area contributed by atoms with E-state index >= 15 is 0 Å². The van der Waals surface area contributed by atoms with Crippen molar-refractivity contribution >= 4 is 27.5 Å². The molecule has 1 fully saturated rings. The van der Waals surface area contributed by atoms with Crippen molar-refractivity contribution in [1.82, 2.24) is 14.8 Å². The minimum Gasteiger partial charge on any atom is -0.444 e. The van der Waals surface area contributed by atoms with Gasteiger partial charge < -0.3 is 9.64 Å². The maximum Gasteiger partial charge on any atom is 0.414 e. The lowest BCUT2D eigenvalue weighted by Crippen LogP contribution is -2.45. The normalized spacial score (nSPS) is 16.5. The summed E-state index contributed by atoms with van der Waals surface area (Å²) < 4.78 is 61.3. The smallest absolute Gasteiger partial charge is 0.414 e. The molecule has 0 unspecified atom stereocenters. The monoisotopic (exact) mass is 469 g/mol. The van der Waals surface area contributed by atoms with Crippen LogP contribution in [-0.2, 0) is 14.8 Å². The molecule has 12 heteroatoms. The highest BCUT2D eigenvalue weighted by atomic mass is 32.2. The van der Waals surface area contributed by atoms with Crippen molar-refractivity contribution in [2.75, 3.05) is 43.0 Å². The summed E-state index contributed by atoms with van der Waals surface area (Å²) in [7, 11) is -2.51. The van der Waals surface area contributed by atoms with Crippen molar-refractivity contribution in [2.45, 2.75) is 25.0 Å². The summed E-state index contributed by atoms with van der Waals surface area (Å²) in [5.41, 5.74) is 2.35. The Balaban J connectivity index is 1.80. The van der Waals surface area contributed by atoms with Gasteiger partial charge in [0.1, 0.15) is 11.8 Å². The molecular formula is C20H25F2N5O4S. The minimum absolute atomic E-state index is 0.000615. The van der Waals surface area contributed by atoms with Crippen LogP contribution in [-0.4, -0.2) is 63.2 Å². The Morgan fingerprint density at radius 3 is 2.44 bits per heavy atom. The van der Waals surface area contributed by atoms with Crippen molar-refractivity contribution in [3.63, 3.8) is 0 Å². The summed E-state index contributed by atoms with van der Waals surface area (Å²) in [5.74, 6) is -1.73. The first-order valence-electron chi connectivity index (χ1n) is 10.0. The fourth-order valence-electron chi connectivity index (χ4n) is 3.43. The van der Waals surface area contributed by atoms with Gasteiger partial charge in [-0.25, -0.2) is 32.4 Å². The molecule has 32 heavy (non-hydrogen) atoms. The standard InChI is InChI=1S/C20H25F2N5O4S/c1-4-25(9-10-27(23-3)32(29,30)18-7-5-6-8-24-18)19-16(21)11-15(12-17(19)22)26-13-14(2)31-20(26)28/h5-8,11-12,14,23H,4,9-10,13H2,1-3H3/t14-/m0/s1. The van der Waals surface area contributed by atoms with E-state index in [0.717, 1.165) is 16.5 Å². The molecular weight excluding hydrogens is 444 g/mol. The number of benzene rings is 1. The van der Waals surface area contributed by atoms with Gasteiger partial charge in [0, 0.05) is 38.0 Å². The number of halogens is 2. The highest BCUT2D eigenvalue weighted by Crippen LogP contribution is 2.31. The number of pyridine rings is 1. The number of nitrogens with zero attached hydrogens (tertiary/aromatic N) is 4. The second kappa shape index (κ2) is 9.76. The quantitative estimate of drug-likeness (QED) is 0.564. The van der Waals surface area contributed by atoms with Crippen molar-refractivity contribution in [3.05, 3.63) is 48.2 Å². The number of hydrogen-bond acceptors (Lipinski definition) is 7. The average molecular weight is 470 g/mol. The third kappa shape index (κ3) is 4.81. The number of amides is 1. The summed E-state index contributed by atoms with van der Waals surface area (Å²) in [6, 6.07) is 6.65. The summed E-state index contributed by atoms with van der Waals surface area (Å²) in [5, 5.41) is -0.147. The molecule has 0 bridgehead atoms. The maximum absolute atomic E-state index is 14.9. The number of carbonyl (C=O) groups is 1. The first kappa shape index (κ1) is 23.8. The number of carbonyl (C=O) groups excluding carboxylic acids is 1. The molecule has 174 valence electrons. The number of anilines is 2. The zero-order valence-electron chi connectivity index (χ0n) is 18.0. The third-order valence-corrected chi connectivity index (χ3v) is 6.70. The molecule has 3 rings (SSSR count). The predicted molar refractivity (Wildman–Crippen MR) is 115 cm³/mol. The molecule has 1 aliphatic rings. The lowest BCUT2D eigenvalue weighted by atomic mass is 10.2. The van der Waals surface area contributed by atoms with Gasteiger partial charge in [0.05, 0.1) is 12.2 Å². The first-order valence-corrected chi connectivity index (χ1v) is 11.5. The molecule has 1 aliphatic heterocycles. The Bertz CT molecular complexity index is 1050. The second-order valence-corrected chi connectivity index (χ2v) is 8.92. The number of sulfonamides is 1. The number of ether oxygens (including phenoxy) is 1. The van der Waals surface area contributed by atoms with Gasteiger partial charge in [-0.05, 0) is 33.0 Å². The van der Waals surface area contributed by atoms with Crippen LogP contribution in [0.25, 0.3) is 0 Å². The van der Waals surface area contributed by atoms with Gasteiger partial charge in [0.25, 0.3) is 10.0 Å². The van der Waals surface area contributed by atoms with Gasteiger partial charge in [-0.1, -0.05) is 6.07 Å². The SMILES string of the molecule is CCN(CCN(NC)S(=O)(=O)c1ccccn1)c1c(F)cc(N2C[C@H](C)OC2=O)cc1F. The maximum atomic E-state index is 14.9. The molecule has 0 spiro atoms. The molecule has 2 heterocycles. The fraction of sp³-hybridized carbons (Fsp3) is 0.400. The molecule has 0 radical (unpaired) electrons. The van der Waals surface area contributed by atoms with Crippen LogP contribution in [0.2, 0.25) is 0 Å². The van der Waals surface area contributed by atoms with Crippen LogP contribution >= 0.6 is 0 Å². The Morgan fingerprint density at radius 1 is 1.25 bits per heavy atom. The average Bonchev–Trinajstić information content (AvgIpc) is 3.10. The minimum atomic E-state index is -3.95. The molecule has 1 saturated heterocycles. The van der Waals surface area contributed by atoms with Crippen LogP contribution in [0, 0.1) is 11.6 Å². The zero-order chi connectivity index (χ0) is 23.5. The number of likely N-dealkylation sites (N-methyl/N-ethyl adjacent to an activating group) is 1. The van der Waals surface area contributed by atoms with Crippen LogP contribution in [0.5, 0.6) is 0 Å². The lowest BCUT2D eigenvalue weighted by molar-refractivity contribution is 0.150. The number of nitrogens with one attached hydrogen (secondary N) is 1. The fourth-order valence-corrected chi connectivity index (χ4v) is 4.66. The van der Waals surface area contributed by atoms with Crippen LogP contribution in [0.4, 0.5) is 25.0 Å². The van der Waals surface area contributed by atoms with E-state index in [1.807, 2.05) is 0 Å². The molecule has 1 N–H and O–H groups in total. The number of hydrazine groups is 1. The third-order valence-electron chi connectivity index (χ3n) is 4.99. The predicted octanol–water partition coefficient (Wildman–Crippen LogP) is 2.36. The number of rotatable bonds is 9. The summed E-state index contributed by atoms with van der Waals surface area (Å²) in [4.78, 5) is 18.3. The summed E-state index contributed by atoms with van der Waals surface area (Å²) >= 11 is 0. The Labute approximate surface area is 185 Å². The van der Waals surface area contributed by atoms with Crippen LogP contribution in [0.1, 0.15) is 13.8 Å². The van der Waals surface area contributed by atoms with Gasteiger partial charge >= 0.3 is 6.09 Å². The molecule has 9 nitrogen and oxygen atoms in total. The number of cyclic esters (lactones) is 1. The van der Waals surface area contributed by atoms with Crippen LogP contribution in [0.15, 0.2) is 41.6 Å². The van der Waals surface area contributed by atoms with Gasteiger partial charge in [-0.3, -0.25) is 4.90 Å². The molecule has 1 amide bonds. The Hall–Kier alpha value is -2.83. The van der Waals surface area contributed by atoms with E-state index in [0.29, 0.717) is 0 Å². The van der Waals surface area contributed by atoms with E-state index in [1.54, 1.807) is 26.0 Å². The van der Waals surface area contributed by atoms with E-state index in [-0.39, 0.29) is 48.7 Å². The highest BCUT2D eigenvalue weighted by Gasteiger charge is 2.31. The molecule has 0 aliphatic carbocycles. The van der Waals surface area contributed by atoms with Gasteiger partial charge in [0.2, 0.25) is 0 Å². The van der Waals surface area contributed by atoms with Gasteiger partial charge in [-0.2, -0.15) is 0 Å². The largest absolute Gasteiger partial charge is 0.444 e. The van der Waals surface area contributed by atoms with Crippen LogP contribution < -0.4 is 15.2 Å². The zero-order valence-corrected chi connectivity index (χ0v) is 18.8. The van der Waals surface area contributed by atoms with Crippen molar-refractivity contribution in [2.24, 2.45) is 0 Å². The van der Waals surface area contributed by atoms with E-state index in [9.17, 15) is 22.0 Å². The number of hydrogen-bond donors (Lipinski definition) is 1. The van der Waals surface area contributed by atoms with E-state index in [4.69, 9.17) is 4.74 Å². The topological polar surface area (TPSA) is 95.1 Å². The molecule has 1 aromatic carbocycles. The van der Waals surface area contributed by atoms with Crippen molar-refractivity contribution < 1.29 is 26.7 Å². The Kier molecular flexibility index (Phi) is 7.26. The van der Waals surface area contributed by atoms with Gasteiger partial charge in [-0.15, -0.1) is 4.41 Å². The molecule has 2 aromatic rings. The van der Waals surface area contributed by atoms with Crippen molar-refractivity contribution in [3.8, 4) is 0 Å². The van der Waals surface area contributed by atoms with E-state index < -0.39 is 27.8 Å². The van der Waals surface area contributed by atoms with E-state index in [2.05, 4.69) is 10.4 Å². The summed E-state index contributed by atoms with van der Waals surface area (Å²) in [6.07, 6.45) is 0.317. The second-order valence-electron chi connectivity index (χ2n) is 7.11. The lowest BCUT2D eigenvalue weighted by Gasteiger charge is -2.28. The molecule has 1 atom stereocenters. The first-order chi connectivity index (χ1) is 15.2. The Morgan fingerprint density at radius 2 is 1.94 bits per heavy atom. The number of aromatic nitrogens is 1. The van der Waals surface area contributed by atoms with E-state index in [1.165, 1.54) is 29.1 Å². The highest BCUT2D eigenvalue weighted by molar-refractivity contribution is 7.89. The van der Waals surface area contributed by atoms with Crippen molar-refractivity contribution in [1.29, 1.82) is 0 Å². The summed E-state index contributed by atoms with van der Waals surface area (Å²) in [6.45, 7) is 3.70. The molecule has 0 saturated carbocycles. The van der Waals surface area contributed by atoms with Gasteiger partial charge in [0.15, 0.2) is 16.7 Å². The molecule has 1 aromatic heterocycles.